The van der Waals surface area contributed by atoms with Gasteiger partial charge in [-0.15, -0.1) is 0 Å². The summed E-state index contributed by atoms with van der Waals surface area (Å²) in [5.41, 5.74) is 3.83. The van der Waals surface area contributed by atoms with Gasteiger partial charge in [0.05, 0.1) is 17.6 Å². The van der Waals surface area contributed by atoms with Crippen molar-refractivity contribution in [3.63, 3.8) is 0 Å². The Morgan fingerprint density at radius 2 is 1.58 bits per heavy atom. The van der Waals surface area contributed by atoms with Gasteiger partial charge in [0.15, 0.2) is 0 Å². The molecule has 5 aliphatic carbocycles. The maximum absolute atomic E-state index is 13.2. The van der Waals surface area contributed by atoms with Crippen molar-refractivity contribution in [1.29, 1.82) is 0 Å². The van der Waals surface area contributed by atoms with Crippen molar-refractivity contribution in [3.05, 3.63) is 53.6 Å². The zero-order valence-electron chi connectivity index (χ0n) is 30.2. The number of aliphatic hydroxyl groups is 1. The monoisotopic (exact) mass is 659 g/mol. The van der Waals surface area contributed by atoms with Crippen LogP contribution in [-0.4, -0.2) is 47.0 Å². The Morgan fingerprint density at radius 3 is 2.25 bits per heavy atom. The normalized spacial score (nSPS) is 39.7. The number of hydrogen-bond acceptors (Lipinski definition) is 4. The zero-order valence-corrected chi connectivity index (χ0v) is 30.2. The van der Waals surface area contributed by atoms with Gasteiger partial charge in [-0.25, -0.2) is 4.79 Å². The van der Waals surface area contributed by atoms with Crippen LogP contribution in [-0.2, 0) is 4.79 Å². The van der Waals surface area contributed by atoms with Crippen molar-refractivity contribution in [3.8, 4) is 0 Å². The van der Waals surface area contributed by atoms with Crippen LogP contribution < -0.4 is 5.32 Å². The summed E-state index contributed by atoms with van der Waals surface area (Å²) in [6.07, 6.45) is 14.7. The average molecular weight is 660 g/mol. The molecule has 6 rings (SSSR count). The van der Waals surface area contributed by atoms with Crippen molar-refractivity contribution < 1.29 is 24.9 Å². The first-order valence-corrected chi connectivity index (χ1v) is 18.9. The van der Waals surface area contributed by atoms with E-state index in [-0.39, 0.29) is 40.1 Å². The molecule has 4 saturated carbocycles. The minimum Gasteiger partial charge on any atom is -0.481 e. The van der Waals surface area contributed by atoms with Gasteiger partial charge < -0.3 is 20.6 Å². The van der Waals surface area contributed by atoms with Crippen LogP contribution in [0.5, 0.6) is 0 Å². The highest BCUT2D eigenvalue weighted by Crippen LogP contribution is 2.77. The lowest BCUT2D eigenvalue weighted by Gasteiger charge is -2.72. The van der Waals surface area contributed by atoms with E-state index in [0.29, 0.717) is 29.9 Å². The molecule has 0 radical (unpaired) electrons. The van der Waals surface area contributed by atoms with E-state index in [9.17, 15) is 19.8 Å². The van der Waals surface area contributed by atoms with Gasteiger partial charge in [-0.2, -0.15) is 0 Å². The lowest BCUT2D eigenvalue weighted by molar-refractivity contribution is -0.228. The predicted octanol–water partition coefficient (Wildman–Crippen LogP) is 8.85. The number of carboxylic acids is 2. The van der Waals surface area contributed by atoms with E-state index < -0.39 is 17.4 Å². The Hall–Kier alpha value is -2.44. The van der Waals surface area contributed by atoms with Gasteiger partial charge in [-0.05, 0) is 158 Å². The van der Waals surface area contributed by atoms with E-state index in [1.807, 2.05) is 12.1 Å². The third kappa shape index (κ3) is 5.25. The molecule has 6 nitrogen and oxygen atoms in total. The molecule has 0 unspecified atom stereocenters. The third-order valence-corrected chi connectivity index (χ3v) is 15.8. The molecule has 5 aliphatic rings. The van der Waals surface area contributed by atoms with Crippen LogP contribution in [0.4, 0.5) is 0 Å². The Bertz CT molecular complexity index is 1450. The molecule has 0 saturated heterocycles. The Morgan fingerprint density at radius 1 is 0.854 bits per heavy atom. The first-order chi connectivity index (χ1) is 22.7. The number of aliphatic carboxylic acids is 1. The maximum atomic E-state index is 13.2. The Kier molecular flexibility index (Phi) is 9.37. The summed E-state index contributed by atoms with van der Waals surface area (Å²) in [6, 6.07) is 7.47. The van der Waals surface area contributed by atoms with Gasteiger partial charge in [0.1, 0.15) is 0 Å². The summed E-state index contributed by atoms with van der Waals surface area (Å²) in [4.78, 5) is 24.8. The summed E-state index contributed by atoms with van der Waals surface area (Å²) < 4.78 is 0. The summed E-state index contributed by atoms with van der Waals surface area (Å²) in [7, 11) is 0. The average Bonchev–Trinajstić information content (AvgIpc) is 3.44. The molecule has 6 heteroatoms. The SMILES string of the molecule is C=C(CCCCNCCO)[C@@H]1CC[C@]2(C(=O)O)CC[C@]3(C)[C@H](CC[C@@H]4[C@@]5(C)CC=C(c6ccc(C(=O)O)cc6)C(C)(C)[C@@H]5CC[C@]43C)[C@@H]12. The van der Waals surface area contributed by atoms with E-state index in [2.05, 4.69) is 52.6 Å². The zero-order chi connectivity index (χ0) is 34.7. The fourth-order valence-electron chi connectivity index (χ4n) is 13.3. The standard InChI is InChI=1S/C42H61NO5/c1-27(9-7-8-24-43-25-26-44)30-16-21-42(37(47)48)23-22-40(5)32(35(30)42)14-15-34-39(4)19-17-31(28-10-12-29(13-11-28)36(45)46)38(2,3)33(39)18-20-41(34,40)6/h10-13,17,30,32-35,43-44H,1,7-9,14-16,18-26H2,2-6H3,(H,45,46)(H,47,48)/t30-,32+,33-,34+,35+,39-,40+,41+,42-/m0/s1. The van der Waals surface area contributed by atoms with Crippen molar-refractivity contribution >= 4 is 17.5 Å². The number of fused-ring (bicyclic) bond motifs is 7. The molecule has 0 bridgehead atoms. The number of unbranched alkanes of at least 4 members (excludes halogenated alkanes) is 1. The van der Waals surface area contributed by atoms with E-state index >= 15 is 0 Å². The van der Waals surface area contributed by atoms with Gasteiger partial charge in [-0.3, -0.25) is 4.79 Å². The minimum atomic E-state index is -0.888. The number of rotatable bonds is 11. The Balaban J connectivity index is 1.28. The number of benzene rings is 1. The van der Waals surface area contributed by atoms with Gasteiger partial charge in [0.25, 0.3) is 0 Å². The molecule has 0 aromatic heterocycles. The second-order valence-corrected chi connectivity index (χ2v) is 17.8. The maximum Gasteiger partial charge on any atom is 0.335 e. The van der Waals surface area contributed by atoms with Gasteiger partial charge in [-0.1, -0.05) is 65.0 Å². The summed E-state index contributed by atoms with van der Waals surface area (Å²) in [6.45, 7) is 18.9. The molecular weight excluding hydrogens is 598 g/mol. The Labute approximate surface area is 288 Å². The molecule has 1 aromatic carbocycles. The fraction of sp³-hybridized carbons (Fsp3) is 0.714. The van der Waals surface area contributed by atoms with Crippen LogP contribution in [0.3, 0.4) is 0 Å². The smallest absolute Gasteiger partial charge is 0.335 e. The number of carboxylic acid groups (broad SMARTS) is 2. The largest absolute Gasteiger partial charge is 0.481 e. The minimum absolute atomic E-state index is 0.0379. The molecular formula is C42H61NO5. The predicted molar refractivity (Wildman–Crippen MR) is 191 cm³/mol. The van der Waals surface area contributed by atoms with E-state index in [4.69, 9.17) is 5.11 Å². The van der Waals surface area contributed by atoms with E-state index in [1.54, 1.807) is 12.1 Å². The number of allylic oxidation sites excluding steroid dienone is 3. The third-order valence-electron chi connectivity index (χ3n) is 15.8. The van der Waals surface area contributed by atoms with Crippen LogP contribution in [0.25, 0.3) is 5.57 Å². The van der Waals surface area contributed by atoms with E-state index in [0.717, 1.165) is 76.3 Å². The molecule has 264 valence electrons. The second kappa shape index (κ2) is 12.7. The van der Waals surface area contributed by atoms with Crippen molar-refractivity contribution in [2.45, 2.75) is 112 Å². The highest BCUT2D eigenvalue weighted by Gasteiger charge is 2.71. The summed E-state index contributed by atoms with van der Waals surface area (Å²) >= 11 is 0. The van der Waals surface area contributed by atoms with Crippen LogP contribution in [0.2, 0.25) is 0 Å². The lowest BCUT2D eigenvalue weighted by atomic mass is 9.32. The number of carbonyl (C=O) groups is 2. The molecule has 0 amide bonds. The molecule has 48 heavy (non-hydrogen) atoms. The number of hydrogen-bond donors (Lipinski definition) is 4. The molecule has 9 atom stereocenters. The fourth-order valence-corrected chi connectivity index (χ4v) is 13.3. The quantitative estimate of drug-likeness (QED) is 0.140. The van der Waals surface area contributed by atoms with E-state index in [1.165, 1.54) is 24.0 Å². The van der Waals surface area contributed by atoms with Crippen molar-refractivity contribution in [2.24, 2.45) is 56.7 Å². The molecule has 0 spiro atoms. The first kappa shape index (κ1) is 35.4. The topological polar surface area (TPSA) is 107 Å². The number of aromatic carboxylic acids is 1. The van der Waals surface area contributed by atoms with Crippen molar-refractivity contribution in [2.75, 3.05) is 19.7 Å². The number of nitrogens with one attached hydrogen (secondary N) is 1. The van der Waals surface area contributed by atoms with Gasteiger partial charge >= 0.3 is 11.9 Å². The van der Waals surface area contributed by atoms with Crippen LogP contribution in [0.1, 0.15) is 128 Å². The second-order valence-electron chi connectivity index (χ2n) is 17.8. The number of aliphatic hydroxyl groups excluding tert-OH is 1. The highest BCUT2D eigenvalue weighted by molar-refractivity contribution is 5.88. The molecule has 1 aromatic rings. The summed E-state index contributed by atoms with van der Waals surface area (Å²) in [5, 5.41) is 32.7. The van der Waals surface area contributed by atoms with Crippen LogP contribution in [0, 0.1) is 56.7 Å². The molecule has 4 fully saturated rings. The molecule has 4 N–H and O–H groups in total. The van der Waals surface area contributed by atoms with Crippen molar-refractivity contribution in [1.82, 2.24) is 5.32 Å². The van der Waals surface area contributed by atoms with Crippen LogP contribution >= 0.6 is 0 Å². The lowest BCUT2D eigenvalue weighted by Crippen LogP contribution is -2.65. The van der Waals surface area contributed by atoms with Crippen LogP contribution in [0.15, 0.2) is 42.5 Å². The van der Waals surface area contributed by atoms with Gasteiger partial charge in [0, 0.05) is 6.54 Å². The molecule has 0 aliphatic heterocycles. The highest BCUT2D eigenvalue weighted by atomic mass is 16.4. The first-order valence-electron chi connectivity index (χ1n) is 18.9. The summed E-state index contributed by atoms with van der Waals surface area (Å²) in [5.74, 6) is 0.494. The van der Waals surface area contributed by atoms with Gasteiger partial charge in [0.2, 0.25) is 0 Å². The molecule has 0 heterocycles.